The Morgan fingerprint density at radius 1 is 1.04 bits per heavy atom. The standard InChI is InChI=1S/C21H28OS2/c1-4-13-24-21-15-20(11-10-17(21)2)22-18(3)12-14-23-16-19-8-6-5-7-9-19/h5-11,15,18H,4,12-14,16H2,1-3H3. The molecule has 0 heterocycles. The Labute approximate surface area is 155 Å². The Morgan fingerprint density at radius 3 is 2.58 bits per heavy atom. The molecule has 2 rings (SSSR count). The van der Waals surface area contributed by atoms with Crippen LogP contribution in [0.3, 0.4) is 0 Å². The van der Waals surface area contributed by atoms with E-state index in [1.165, 1.54) is 22.4 Å². The third-order valence-electron chi connectivity index (χ3n) is 3.74. The highest BCUT2D eigenvalue weighted by molar-refractivity contribution is 7.99. The molecule has 130 valence electrons. The van der Waals surface area contributed by atoms with E-state index in [-0.39, 0.29) is 6.10 Å². The Bertz CT molecular complexity index is 598. The number of hydrogen-bond acceptors (Lipinski definition) is 3. The molecule has 1 nitrogen and oxygen atoms in total. The lowest BCUT2D eigenvalue weighted by Gasteiger charge is -2.16. The van der Waals surface area contributed by atoms with Crippen LogP contribution in [-0.2, 0) is 5.75 Å². The summed E-state index contributed by atoms with van der Waals surface area (Å²) in [7, 11) is 0. The summed E-state index contributed by atoms with van der Waals surface area (Å²) in [6.07, 6.45) is 2.52. The van der Waals surface area contributed by atoms with E-state index in [1.807, 2.05) is 23.5 Å². The van der Waals surface area contributed by atoms with Gasteiger partial charge in [-0.3, -0.25) is 0 Å². The maximum atomic E-state index is 6.12. The highest BCUT2D eigenvalue weighted by atomic mass is 32.2. The lowest BCUT2D eigenvalue weighted by molar-refractivity contribution is 0.218. The molecule has 0 amide bonds. The van der Waals surface area contributed by atoms with Gasteiger partial charge in [0.15, 0.2) is 0 Å². The molecule has 1 unspecified atom stereocenters. The van der Waals surface area contributed by atoms with E-state index >= 15 is 0 Å². The molecule has 1 atom stereocenters. The van der Waals surface area contributed by atoms with Gasteiger partial charge in [-0.2, -0.15) is 11.8 Å². The van der Waals surface area contributed by atoms with Crippen LogP contribution in [-0.4, -0.2) is 17.6 Å². The first-order chi connectivity index (χ1) is 11.7. The molecule has 2 aromatic carbocycles. The summed E-state index contributed by atoms with van der Waals surface area (Å²) in [5.41, 5.74) is 2.74. The highest BCUT2D eigenvalue weighted by Gasteiger charge is 2.07. The van der Waals surface area contributed by atoms with E-state index in [4.69, 9.17) is 4.74 Å². The smallest absolute Gasteiger partial charge is 0.120 e. The van der Waals surface area contributed by atoms with Crippen LogP contribution in [0.25, 0.3) is 0 Å². The molecule has 0 bridgehead atoms. The van der Waals surface area contributed by atoms with Crippen LogP contribution in [0.5, 0.6) is 5.75 Å². The second-order valence-corrected chi connectivity index (χ2v) is 8.27. The molecule has 0 fully saturated rings. The fourth-order valence-electron chi connectivity index (χ4n) is 2.33. The Hall–Kier alpha value is -1.06. The van der Waals surface area contributed by atoms with Gasteiger partial charge in [-0.25, -0.2) is 0 Å². The summed E-state index contributed by atoms with van der Waals surface area (Å²) in [6.45, 7) is 6.56. The summed E-state index contributed by atoms with van der Waals surface area (Å²) in [6, 6.07) is 17.1. The zero-order valence-corrected chi connectivity index (χ0v) is 16.6. The summed E-state index contributed by atoms with van der Waals surface area (Å²) in [5.74, 6) is 4.37. The third-order valence-corrected chi connectivity index (χ3v) is 6.16. The number of aryl methyl sites for hydroxylation is 1. The normalized spacial score (nSPS) is 12.1. The zero-order chi connectivity index (χ0) is 17.2. The molecule has 3 heteroatoms. The molecule has 0 aliphatic rings. The lowest BCUT2D eigenvalue weighted by atomic mass is 10.2. The van der Waals surface area contributed by atoms with Gasteiger partial charge in [0, 0.05) is 10.6 Å². The van der Waals surface area contributed by atoms with Gasteiger partial charge >= 0.3 is 0 Å². The minimum Gasteiger partial charge on any atom is -0.491 e. The monoisotopic (exact) mass is 360 g/mol. The second kappa shape index (κ2) is 10.7. The molecule has 2 aromatic rings. The topological polar surface area (TPSA) is 9.23 Å². The lowest BCUT2D eigenvalue weighted by Crippen LogP contribution is -2.12. The predicted molar refractivity (Wildman–Crippen MR) is 110 cm³/mol. The van der Waals surface area contributed by atoms with Crippen molar-refractivity contribution in [3.05, 3.63) is 59.7 Å². The van der Waals surface area contributed by atoms with Gasteiger partial charge in [-0.15, -0.1) is 11.8 Å². The van der Waals surface area contributed by atoms with E-state index in [0.717, 1.165) is 29.4 Å². The first-order valence-electron chi connectivity index (χ1n) is 8.70. The SMILES string of the molecule is CCCSc1cc(OC(C)CCSCc2ccccc2)ccc1C. The number of thioether (sulfide) groups is 2. The van der Waals surface area contributed by atoms with Crippen molar-refractivity contribution in [2.24, 2.45) is 0 Å². The zero-order valence-electron chi connectivity index (χ0n) is 15.0. The Morgan fingerprint density at radius 2 is 1.83 bits per heavy atom. The molecule has 0 N–H and O–H groups in total. The molecular weight excluding hydrogens is 332 g/mol. The first-order valence-corrected chi connectivity index (χ1v) is 10.8. The second-order valence-electron chi connectivity index (χ2n) is 6.03. The van der Waals surface area contributed by atoms with Gasteiger partial charge in [0.25, 0.3) is 0 Å². The molecule has 0 spiro atoms. The molecule has 0 saturated carbocycles. The highest BCUT2D eigenvalue weighted by Crippen LogP contribution is 2.28. The molecule has 0 saturated heterocycles. The van der Waals surface area contributed by atoms with Crippen LogP contribution in [0.15, 0.2) is 53.4 Å². The molecule has 24 heavy (non-hydrogen) atoms. The van der Waals surface area contributed by atoms with E-state index in [0.29, 0.717) is 0 Å². The van der Waals surface area contributed by atoms with E-state index < -0.39 is 0 Å². The van der Waals surface area contributed by atoms with Crippen molar-refractivity contribution in [1.29, 1.82) is 0 Å². The quantitative estimate of drug-likeness (QED) is 0.349. The van der Waals surface area contributed by atoms with Crippen LogP contribution in [0, 0.1) is 6.92 Å². The number of rotatable bonds is 10. The molecule has 0 aliphatic carbocycles. The van der Waals surface area contributed by atoms with E-state index in [1.54, 1.807) is 0 Å². The number of benzene rings is 2. The largest absolute Gasteiger partial charge is 0.491 e. The van der Waals surface area contributed by atoms with Gasteiger partial charge in [-0.1, -0.05) is 43.3 Å². The van der Waals surface area contributed by atoms with Crippen molar-refractivity contribution in [3.8, 4) is 5.75 Å². The van der Waals surface area contributed by atoms with Crippen LogP contribution in [0.4, 0.5) is 0 Å². The van der Waals surface area contributed by atoms with Crippen LogP contribution in [0.2, 0.25) is 0 Å². The maximum Gasteiger partial charge on any atom is 0.120 e. The van der Waals surface area contributed by atoms with Crippen molar-refractivity contribution in [2.45, 2.75) is 50.4 Å². The van der Waals surface area contributed by atoms with Crippen LogP contribution < -0.4 is 4.74 Å². The first kappa shape index (κ1) is 19.3. The van der Waals surface area contributed by atoms with Crippen LogP contribution >= 0.6 is 23.5 Å². The van der Waals surface area contributed by atoms with Crippen molar-refractivity contribution >= 4 is 23.5 Å². The fourth-order valence-corrected chi connectivity index (χ4v) is 4.32. The van der Waals surface area contributed by atoms with Crippen molar-refractivity contribution in [1.82, 2.24) is 0 Å². The Kier molecular flexibility index (Phi) is 8.62. The Balaban J connectivity index is 1.74. The molecule has 0 aromatic heterocycles. The summed E-state index contributed by atoms with van der Waals surface area (Å²) >= 11 is 3.90. The number of ether oxygens (including phenoxy) is 1. The van der Waals surface area contributed by atoms with Crippen molar-refractivity contribution in [3.63, 3.8) is 0 Å². The van der Waals surface area contributed by atoms with E-state index in [2.05, 4.69) is 69.3 Å². The fraction of sp³-hybridized carbons (Fsp3) is 0.429. The third kappa shape index (κ3) is 6.82. The van der Waals surface area contributed by atoms with Crippen LogP contribution in [0.1, 0.15) is 37.8 Å². The van der Waals surface area contributed by atoms with Gasteiger partial charge in [0.1, 0.15) is 5.75 Å². The van der Waals surface area contributed by atoms with Gasteiger partial charge in [0.05, 0.1) is 6.10 Å². The van der Waals surface area contributed by atoms with Gasteiger partial charge in [-0.05, 0) is 61.5 Å². The van der Waals surface area contributed by atoms with Gasteiger partial charge in [0.2, 0.25) is 0 Å². The summed E-state index contributed by atoms with van der Waals surface area (Å²) < 4.78 is 6.12. The minimum atomic E-state index is 0.250. The minimum absolute atomic E-state index is 0.250. The summed E-state index contributed by atoms with van der Waals surface area (Å²) in [5, 5.41) is 0. The number of hydrogen-bond donors (Lipinski definition) is 0. The average molecular weight is 361 g/mol. The van der Waals surface area contributed by atoms with Crippen molar-refractivity contribution in [2.75, 3.05) is 11.5 Å². The van der Waals surface area contributed by atoms with E-state index in [9.17, 15) is 0 Å². The molecular formula is C21H28OS2. The molecule has 0 radical (unpaired) electrons. The van der Waals surface area contributed by atoms with Gasteiger partial charge < -0.3 is 4.74 Å². The molecule has 0 aliphatic heterocycles. The predicted octanol–water partition coefficient (Wildman–Crippen LogP) is 6.59. The average Bonchev–Trinajstić information content (AvgIpc) is 2.60. The maximum absolute atomic E-state index is 6.12. The van der Waals surface area contributed by atoms with Crippen molar-refractivity contribution < 1.29 is 4.74 Å². The summed E-state index contributed by atoms with van der Waals surface area (Å²) in [4.78, 5) is 1.35.